The standard InChI is InChI=1S/C25H36N6O5/c1-17-25(35)30(3)8-4-5-9-31(15-20-14-27-18(2)29-20)10-6-7-26-24(34)19-11-21(32)13-22(12-19)36-16-23(33)28-17/h11-14,17,32H,4-10,15-16H2,1-3H3,(H,26,34)(H,27,29)(H,28,33)/t17-/m0/s1. The van der Waals surface area contributed by atoms with Gasteiger partial charge in [-0.1, -0.05) is 0 Å². The van der Waals surface area contributed by atoms with Gasteiger partial charge in [0.15, 0.2) is 6.61 Å². The van der Waals surface area contributed by atoms with Crippen LogP contribution in [0.15, 0.2) is 24.4 Å². The Balaban J connectivity index is 1.71. The van der Waals surface area contributed by atoms with Crippen LogP contribution in [0, 0.1) is 6.92 Å². The number of fused-ring (bicyclic) bond motifs is 2. The van der Waals surface area contributed by atoms with E-state index in [2.05, 4.69) is 25.5 Å². The first-order valence-corrected chi connectivity index (χ1v) is 12.2. The van der Waals surface area contributed by atoms with Crippen molar-refractivity contribution in [2.75, 3.05) is 39.8 Å². The summed E-state index contributed by atoms with van der Waals surface area (Å²) < 4.78 is 5.46. The van der Waals surface area contributed by atoms with E-state index in [1.807, 2.05) is 13.1 Å². The Hall–Kier alpha value is -3.60. The van der Waals surface area contributed by atoms with Crippen molar-refractivity contribution < 1.29 is 24.2 Å². The topological polar surface area (TPSA) is 140 Å². The molecular weight excluding hydrogens is 464 g/mol. The molecule has 0 radical (unpaired) electrons. The van der Waals surface area contributed by atoms with E-state index in [-0.39, 0.29) is 35.5 Å². The Labute approximate surface area is 211 Å². The van der Waals surface area contributed by atoms with Crippen molar-refractivity contribution in [1.29, 1.82) is 0 Å². The van der Waals surface area contributed by atoms with Crippen molar-refractivity contribution >= 4 is 17.7 Å². The summed E-state index contributed by atoms with van der Waals surface area (Å²) in [7, 11) is 1.73. The maximum absolute atomic E-state index is 12.7. The van der Waals surface area contributed by atoms with Crippen molar-refractivity contribution in [2.45, 2.75) is 45.7 Å². The number of nitrogens with zero attached hydrogens (tertiary/aromatic N) is 3. The first kappa shape index (κ1) is 27.0. The highest BCUT2D eigenvalue weighted by molar-refractivity contribution is 5.95. The van der Waals surface area contributed by atoms with Crippen LogP contribution in [0.1, 0.15) is 48.1 Å². The minimum absolute atomic E-state index is 0.147. The summed E-state index contributed by atoms with van der Waals surface area (Å²) in [6.45, 7) is 6.54. The zero-order valence-electron chi connectivity index (χ0n) is 21.2. The largest absolute Gasteiger partial charge is 0.508 e. The van der Waals surface area contributed by atoms with Crippen LogP contribution in [0.2, 0.25) is 0 Å². The molecule has 36 heavy (non-hydrogen) atoms. The highest BCUT2D eigenvalue weighted by Gasteiger charge is 2.20. The summed E-state index contributed by atoms with van der Waals surface area (Å²) >= 11 is 0. The molecule has 1 aliphatic rings. The molecule has 3 amide bonds. The van der Waals surface area contributed by atoms with Gasteiger partial charge in [0.25, 0.3) is 11.8 Å². The molecule has 1 atom stereocenters. The van der Waals surface area contributed by atoms with Gasteiger partial charge in [-0.3, -0.25) is 19.3 Å². The Morgan fingerprint density at radius 3 is 2.61 bits per heavy atom. The average Bonchev–Trinajstić information content (AvgIpc) is 3.25. The van der Waals surface area contributed by atoms with Crippen LogP contribution in [0.25, 0.3) is 0 Å². The van der Waals surface area contributed by atoms with Gasteiger partial charge in [-0.15, -0.1) is 0 Å². The number of likely N-dealkylation sites (N-methyl/N-ethyl adjacent to an activating group) is 1. The minimum atomic E-state index is -0.706. The Kier molecular flexibility index (Phi) is 9.69. The van der Waals surface area contributed by atoms with Crippen molar-refractivity contribution in [3.63, 3.8) is 0 Å². The highest BCUT2D eigenvalue weighted by atomic mass is 16.5. The number of aromatic nitrogens is 2. The number of amides is 3. The fourth-order valence-corrected chi connectivity index (χ4v) is 4.09. The van der Waals surface area contributed by atoms with Crippen LogP contribution in [0.5, 0.6) is 11.5 Å². The molecule has 0 spiro atoms. The summed E-state index contributed by atoms with van der Waals surface area (Å²) in [6, 6.07) is 3.43. The predicted molar refractivity (Wildman–Crippen MR) is 134 cm³/mol. The third-order valence-electron chi connectivity index (χ3n) is 5.95. The second kappa shape index (κ2) is 12.9. The summed E-state index contributed by atoms with van der Waals surface area (Å²) in [6.07, 6.45) is 4.27. The molecular formula is C25H36N6O5. The van der Waals surface area contributed by atoms with Crippen LogP contribution in [-0.4, -0.2) is 88.5 Å². The number of aryl methyl sites for hydroxylation is 1. The number of phenolic OH excluding ortho intramolecular Hbond substituents is 1. The number of aromatic hydroxyl groups is 1. The molecule has 0 aliphatic carbocycles. The Morgan fingerprint density at radius 2 is 1.86 bits per heavy atom. The van der Waals surface area contributed by atoms with E-state index in [4.69, 9.17) is 4.74 Å². The van der Waals surface area contributed by atoms with Gasteiger partial charge in [0.1, 0.15) is 23.4 Å². The molecule has 196 valence electrons. The normalized spacial score (nSPS) is 19.8. The van der Waals surface area contributed by atoms with Gasteiger partial charge in [-0.05, 0) is 51.8 Å². The third-order valence-corrected chi connectivity index (χ3v) is 5.95. The molecule has 2 bridgehead atoms. The lowest BCUT2D eigenvalue weighted by Gasteiger charge is -2.24. The number of H-pyrrole nitrogens is 1. The van der Waals surface area contributed by atoms with E-state index in [0.717, 1.165) is 43.9 Å². The SMILES string of the molecule is Cc1ncc(CN2CCCCN(C)C(=O)[C@H](C)NC(=O)COc3cc(O)cc(c3)C(=O)NCCC2)[nH]1. The molecule has 11 heteroatoms. The number of aromatic amines is 1. The van der Waals surface area contributed by atoms with Crippen LogP contribution in [-0.2, 0) is 16.1 Å². The number of nitrogens with one attached hydrogen (secondary N) is 3. The molecule has 2 heterocycles. The van der Waals surface area contributed by atoms with Gasteiger partial charge in [-0.2, -0.15) is 0 Å². The number of carbonyl (C=O) groups excluding carboxylic acids is 3. The summed E-state index contributed by atoms with van der Waals surface area (Å²) in [4.78, 5) is 49.0. The zero-order chi connectivity index (χ0) is 26.1. The quantitative estimate of drug-likeness (QED) is 0.485. The van der Waals surface area contributed by atoms with Gasteiger partial charge >= 0.3 is 0 Å². The van der Waals surface area contributed by atoms with Crippen molar-refractivity contribution in [1.82, 2.24) is 30.4 Å². The number of rotatable bonds is 2. The second-order valence-corrected chi connectivity index (χ2v) is 9.14. The molecule has 0 saturated carbocycles. The lowest BCUT2D eigenvalue weighted by molar-refractivity contribution is -0.135. The fourth-order valence-electron chi connectivity index (χ4n) is 4.09. The van der Waals surface area contributed by atoms with E-state index in [1.165, 1.54) is 18.2 Å². The molecule has 1 aliphatic heterocycles. The highest BCUT2D eigenvalue weighted by Crippen LogP contribution is 2.22. The van der Waals surface area contributed by atoms with Crippen LogP contribution in [0.4, 0.5) is 0 Å². The van der Waals surface area contributed by atoms with Crippen molar-refractivity contribution in [3.05, 3.63) is 41.5 Å². The molecule has 4 N–H and O–H groups in total. The average molecular weight is 501 g/mol. The smallest absolute Gasteiger partial charge is 0.258 e. The number of phenols is 1. The van der Waals surface area contributed by atoms with Crippen LogP contribution >= 0.6 is 0 Å². The van der Waals surface area contributed by atoms with Crippen LogP contribution < -0.4 is 15.4 Å². The number of ether oxygens (including phenoxy) is 1. The lowest BCUT2D eigenvalue weighted by atomic mass is 10.2. The summed E-state index contributed by atoms with van der Waals surface area (Å²) in [5, 5.41) is 15.5. The molecule has 0 fully saturated rings. The first-order chi connectivity index (χ1) is 17.2. The molecule has 1 aromatic carbocycles. The summed E-state index contributed by atoms with van der Waals surface area (Å²) in [5.74, 6) is -0.0986. The van der Waals surface area contributed by atoms with Gasteiger partial charge < -0.3 is 30.4 Å². The number of carbonyl (C=O) groups is 3. The number of imidazole rings is 1. The van der Waals surface area contributed by atoms with Gasteiger partial charge in [-0.25, -0.2) is 4.98 Å². The summed E-state index contributed by atoms with van der Waals surface area (Å²) in [5.41, 5.74) is 1.25. The van der Waals surface area contributed by atoms with Gasteiger partial charge in [0.2, 0.25) is 5.91 Å². The zero-order valence-corrected chi connectivity index (χ0v) is 21.2. The second-order valence-electron chi connectivity index (χ2n) is 9.14. The molecule has 2 aromatic rings. The number of hydrogen-bond donors (Lipinski definition) is 4. The molecule has 3 rings (SSSR count). The number of benzene rings is 1. The van der Waals surface area contributed by atoms with E-state index in [0.29, 0.717) is 19.6 Å². The third kappa shape index (κ3) is 8.26. The van der Waals surface area contributed by atoms with Crippen molar-refractivity contribution in [2.24, 2.45) is 0 Å². The molecule has 1 aromatic heterocycles. The van der Waals surface area contributed by atoms with E-state index >= 15 is 0 Å². The van der Waals surface area contributed by atoms with E-state index in [9.17, 15) is 19.5 Å². The fraction of sp³-hybridized carbons (Fsp3) is 0.520. The monoisotopic (exact) mass is 500 g/mol. The van der Waals surface area contributed by atoms with Crippen LogP contribution in [0.3, 0.4) is 0 Å². The molecule has 0 saturated heterocycles. The first-order valence-electron chi connectivity index (χ1n) is 12.2. The lowest BCUT2D eigenvalue weighted by Crippen LogP contribution is -2.47. The molecule has 11 nitrogen and oxygen atoms in total. The van der Waals surface area contributed by atoms with E-state index < -0.39 is 11.9 Å². The van der Waals surface area contributed by atoms with E-state index in [1.54, 1.807) is 18.9 Å². The Morgan fingerprint density at radius 1 is 1.11 bits per heavy atom. The maximum atomic E-state index is 12.7. The maximum Gasteiger partial charge on any atom is 0.258 e. The van der Waals surface area contributed by atoms with Crippen molar-refractivity contribution in [3.8, 4) is 11.5 Å². The Bertz CT molecular complexity index is 1060. The molecule has 0 unspecified atom stereocenters. The van der Waals surface area contributed by atoms with Gasteiger partial charge in [0.05, 0.1) is 0 Å². The van der Waals surface area contributed by atoms with Gasteiger partial charge in [0, 0.05) is 56.7 Å². The predicted octanol–water partition coefficient (Wildman–Crippen LogP) is 1.18. The number of hydrogen-bond acceptors (Lipinski definition) is 7. The minimum Gasteiger partial charge on any atom is -0.508 e.